The predicted molar refractivity (Wildman–Crippen MR) is 153 cm³/mol. The summed E-state index contributed by atoms with van der Waals surface area (Å²) in [6.45, 7) is 9.21. The number of aromatic nitrogens is 5. The summed E-state index contributed by atoms with van der Waals surface area (Å²) in [4.78, 5) is 54.8. The van der Waals surface area contributed by atoms with Crippen LogP contribution in [0.4, 0.5) is 5.82 Å². The van der Waals surface area contributed by atoms with E-state index in [1.54, 1.807) is 15.8 Å². The number of hydrogen-bond donors (Lipinski definition) is 1. The zero-order chi connectivity index (χ0) is 29.2. The minimum atomic E-state index is -0.587. The molecule has 2 amide bonds. The average Bonchev–Trinajstić information content (AvgIpc) is 3.28. The van der Waals surface area contributed by atoms with Gasteiger partial charge in [-0.25, -0.2) is 0 Å². The standard InChI is InChI=1S/C29H28BrIN7O3/c1-14-6-9-23(30)34-26(14)35-27(41)22-11-29(5)28(31-29)38(22)24(40)13-37-21-8-7-18(10-19(21)25(36-37)16(3)39)20-12-32-17(4)33-15(20)2/h6-10,12,22,28H,11,13H2,1-5H3,(H,34,35,41)/q-1/t22-,28-,29+/m0/s1. The Morgan fingerprint density at radius 1 is 1.15 bits per heavy atom. The summed E-state index contributed by atoms with van der Waals surface area (Å²) in [6.07, 6.45) is 2.41. The zero-order valence-corrected chi connectivity index (χ0v) is 26.9. The van der Waals surface area contributed by atoms with Crippen LogP contribution in [0.1, 0.15) is 47.8 Å². The second kappa shape index (κ2) is 10.2. The molecule has 10 nitrogen and oxygen atoms in total. The third-order valence-electron chi connectivity index (χ3n) is 7.65. The summed E-state index contributed by atoms with van der Waals surface area (Å²) >= 11 is 3.13. The molecule has 0 unspecified atom stereocenters. The monoisotopic (exact) mass is 728 g/mol. The van der Waals surface area contributed by atoms with Crippen LogP contribution in [0.25, 0.3) is 22.0 Å². The summed E-state index contributed by atoms with van der Waals surface area (Å²) in [5.74, 6) is 0.563. The van der Waals surface area contributed by atoms with Crippen LogP contribution >= 0.6 is 15.9 Å². The Kier molecular flexibility index (Phi) is 6.96. The van der Waals surface area contributed by atoms with Crippen LogP contribution in [0.2, 0.25) is 0 Å². The quantitative estimate of drug-likeness (QED) is 0.104. The number of nitrogens with zero attached hydrogens (tertiary/aromatic N) is 6. The fraction of sp³-hybridized carbons (Fsp3) is 0.345. The maximum absolute atomic E-state index is 13.8. The van der Waals surface area contributed by atoms with Crippen LogP contribution in [0.5, 0.6) is 0 Å². The van der Waals surface area contributed by atoms with Crippen LogP contribution < -0.4 is 26.5 Å². The number of likely N-dealkylation sites (tertiary alicyclic amines) is 1. The number of aryl methyl sites for hydroxylation is 3. The Labute approximate surface area is 255 Å². The van der Waals surface area contributed by atoms with Crippen molar-refractivity contribution in [1.82, 2.24) is 29.6 Å². The molecule has 2 saturated heterocycles. The van der Waals surface area contributed by atoms with E-state index < -0.39 is 6.04 Å². The fourth-order valence-corrected chi connectivity index (χ4v) is 9.18. The number of ketones is 1. The van der Waals surface area contributed by atoms with Crippen molar-refractivity contribution in [3.8, 4) is 11.1 Å². The molecule has 6 rings (SSSR count). The van der Waals surface area contributed by atoms with Gasteiger partial charge in [-0.2, -0.15) is 0 Å². The van der Waals surface area contributed by atoms with Crippen molar-refractivity contribution < 1.29 is 35.6 Å². The molecule has 212 valence electrons. The third kappa shape index (κ3) is 5.05. The first-order chi connectivity index (χ1) is 19.4. The van der Waals surface area contributed by atoms with Crippen LogP contribution in [-0.2, 0) is 16.1 Å². The molecule has 1 aromatic carbocycles. The number of alkyl halides is 2. The summed E-state index contributed by atoms with van der Waals surface area (Å²) in [6, 6.07) is 8.82. The summed E-state index contributed by atoms with van der Waals surface area (Å²) < 4.78 is 2.34. The maximum atomic E-state index is 13.8. The van der Waals surface area contributed by atoms with Crippen LogP contribution in [-0.4, -0.2) is 60.7 Å². The Morgan fingerprint density at radius 2 is 1.93 bits per heavy atom. The second-order valence-electron chi connectivity index (χ2n) is 10.7. The Bertz CT molecular complexity index is 1770. The predicted octanol–water partition coefficient (Wildman–Crippen LogP) is 1.21. The molecule has 2 aliphatic rings. The summed E-state index contributed by atoms with van der Waals surface area (Å²) in [5.41, 5.74) is 4.40. The average molecular weight is 729 g/mol. The van der Waals surface area contributed by atoms with Gasteiger partial charge in [-0.1, -0.05) is 0 Å². The number of halogens is 2. The number of carbonyl (C=O) groups excluding carboxylic acids is 3. The fourth-order valence-electron chi connectivity index (χ4n) is 5.48. The van der Waals surface area contributed by atoms with Gasteiger partial charge in [0.1, 0.15) is 5.82 Å². The molecule has 5 heterocycles. The Hall–Kier alpha value is -3.26. The molecule has 0 spiro atoms. The first kappa shape index (κ1) is 27.9. The molecule has 2 aliphatic heterocycles. The van der Waals surface area contributed by atoms with Gasteiger partial charge in [0.25, 0.3) is 0 Å². The number of fused-ring (bicyclic) bond motifs is 2. The second-order valence-corrected chi connectivity index (χ2v) is 15.8. The van der Waals surface area contributed by atoms with Crippen molar-refractivity contribution in [3.05, 3.63) is 63.9 Å². The van der Waals surface area contributed by atoms with E-state index in [1.807, 2.05) is 51.1 Å². The summed E-state index contributed by atoms with van der Waals surface area (Å²) in [7, 11) is 0. The van der Waals surface area contributed by atoms with E-state index in [9.17, 15) is 14.4 Å². The number of benzene rings is 1. The van der Waals surface area contributed by atoms with Gasteiger partial charge in [0.15, 0.2) is 0 Å². The molecule has 0 saturated carbocycles. The number of rotatable bonds is 6. The van der Waals surface area contributed by atoms with E-state index in [1.165, 1.54) is 6.92 Å². The van der Waals surface area contributed by atoms with Gasteiger partial charge >= 0.3 is 244 Å². The molecule has 2 fully saturated rings. The van der Waals surface area contributed by atoms with Crippen LogP contribution in [0, 0.1) is 20.8 Å². The third-order valence-corrected chi connectivity index (χ3v) is 12.4. The first-order valence-electron chi connectivity index (χ1n) is 13.2. The van der Waals surface area contributed by atoms with Crippen molar-refractivity contribution in [1.29, 1.82) is 0 Å². The number of anilines is 1. The SMILES string of the molecule is CC(=O)c1nn(CC(=O)N2[C@H](C(=O)Nc3nc(Br)ccc3C)C[C@@]3(C)[I-][C@@H]23)c2ccc(-c3cnc(C)nc3C)cc12. The number of pyridine rings is 1. The molecular formula is C29H28BrIN7O3-. The first-order valence-corrected chi connectivity index (χ1v) is 16.3. The molecule has 3 atom stereocenters. The van der Waals surface area contributed by atoms with E-state index >= 15 is 0 Å². The van der Waals surface area contributed by atoms with E-state index in [-0.39, 0.29) is 52.8 Å². The van der Waals surface area contributed by atoms with Crippen LogP contribution in [0.15, 0.2) is 41.1 Å². The minimum absolute atomic E-state index is 0.0237. The van der Waals surface area contributed by atoms with E-state index in [4.69, 9.17) is 0 Å². The molecule has 3 aromatic heterocycles. The number of carbonyl (C=O) groups is 3. The molecular weight excluding hydrogens is 701 g/mol. The van der Waals surface area contributed by atoms with Crippen molar-refractivity contribution in [2.45, 2.75) is 61.1 Å². The molecule has 0 radical (unpaired) electrons. The Morgan fingerprint density at radius 3 is 2.66 bits per heavy atom. The van der Waals surface area contributed by atoms with Crippen molar-refractivity contribution >= 4 is 50.2 Å². The molecule has 4 aromatic rings. The summed E-state index contributed by atoms with van der Waals surface area (Å²) in [5, 5.41) is 8.17. The van der Waals surface area contributed by atoms with Gasteiger partial charge in [-0.15, -0.1) is 0 Å². The number of hydrogen-bond acceptors (Lipinski definition) is 7. The van der Waals surface area contributed by atoms with Crippen molar-refractivity contribution in [3.63, 3.8) is 0 Å². The van der Waals surface area contributed by atoms with Gasteiger partial charge < -0.3 is 0 Å². The van der Waals surface area contributed by atoms with Gasteiger partial charge in [0.05, 0.1) is 0 Å². The topological polar surface area (TPSA) is 123 Å². The van der Waals surface area contributed by atoms with E-state index in [2.05, 4.69) is 48.2 Å². The number of nitrogens with one attached hydrogen (secondary N) is 1. The normalized spacial score (nSPS) is 21.4. The van der Waals surface area contributed by atoms with E-state index in [0.717, 1.165) is 22.4 Å². The number of amides is 2. The van der Waals surface area contributed by atoms with Gasteiger partial charge in [0.2, 0.25) is 0 Å². The molecule has 0 bridgehead atoms. The van der Waals surface area contributed by atoms with Gasteiger partial charge in [-0.05, 0) is 6.92 Å². The molecule has 1 N–H and O–H groups in total. The van der Waals surface area contributed by atoms with Gasteiger partial charge in [-0.3, -0.25) is 0 Å². The van der Waals surface area contributed by atoms with Crippen molar-refractivity contribution in [2.24, 2.45) is 0 Å². The van der Waals surface area contributed by atoms with Crippen molar-refractivity contribution in [2.75, 3.05) is 5.32 Å². The number of Topliss-reactive ketones (excluding diaryl/α,β-unsaturated/α-hetero) is 1. The van der Waals surface area contributed by atoms with Crippen LogP contribution in [0.3, 0.4) is 0 Å². The van der Waals surface area contributed by atoms with Gasteiger partial charge in [0, 0.05) is 0 Å². The molecule has 0 aliphatic carbocycles. The van der Waals surface area contributed by atoms with E-state index in [0.29, 0.717) is 39.3 Å². The molecule has 12 heteroatoms. The Balaban J connectivity index is 1.30. The molecule has 41 heavy (non-hydrogen) atoms. The zero-order valence-electron chi connectivity index (χ0n) is 23.2.